The molecule has 0 saturated heterocycles. The van der Waals surface area contributed by atoms with Crippen LogP contribution in [0.3, 0.4) is 0 Å². The standard InChI is InChI=1S/C23H27FN2O3/c1-5-16-7-6-8-19(23(16)28-4)29-13-20(27)25-12-11-17-15(3)26-22-18(24)10-9-14(2)21(17)22/h6-10,26H,5,11-13H2,1-4H3,(H,25,27). The molecule has 29 heavy (non-hydrogen) atoms. The average Bonchev–Trinajstić information content (AvgIpc) is 3.06. The van der Waals surface area contributed by atoms with E-state index < -0.39 is 0 Å². The van der Waals surface area contributed by atoms with Gasteiger partial charge in [-0.3, -0.25) is 4.79 Å². The SMILES string of the molecule is CCc1cccc(OCC(=O)NCCc2c(C)[nH]c3c(F)ccc(C)c23)c1OC. The van der Waals surface area contributed by atoms with Crippen molar-refractivity contribution in [1.82, 2.24) is 10.3 Å². The molecule has 0 aliphatic carbocycles. The van der Waals surface area contributed by atoms with E-state index in [9.17, 15) is 9.18 Å². The topological polar surface area (TPSA) is 63.3 Å². The molecule has 1 aromatic heterocycles. The summed E-state index contributed by atoms with van der Waals surface area (Å²) >= 11 is 0. The molecule has 0 radical (unpaired) electrons. The first-order chi connectivity index (χ1) is 14.0. The molecular formula is C23H27FN2O3. The Bertz CT molecular complexity index is 1030. The second kappa shape index (κ2) is 8.99. The van der Waals surface area contributed by atoms with Crippen LogP contribution < -0.4 is 14.8 Å². The largest absolute Gasteiger partial charge is 0.493 e. The van der Waals surface area contributed by atoms with E-state index in [4.69, 9.17) is 9.47 Å². The fraction of sp³-hybridized carbons (Fsp3) is 0.348. The van der Waals surface area contributed by atoms with Gasteiger partial charge in [0.05, 0.1) is 12.6 Å². The third kappa shape index (κ3) is 4.36. The van der Waals surface area contributed by atoms with Gasteiger partial charge in [0.2, 0.25) is 0 Å². The van der Waals surface area contributed by atoms with Crippen LogP contribution in [-0.2, 0) is 17.6 Å². The number of benzene rings is 2. The zero-order valence-corrected chi connectivity index (χ0v) is 17.3. The van der Waals surface area contributed by atoms with Crippen molar-refractivity contribution < 1.29 is 18.7 Å². The molecule has 0 atom stereocenters. The predicted octanol–water partition coefficient (Wildman–Crippen LogP) is 4.23. The molecule has 0 saturated carbocycles. The van der Waals surface area contributed by atoms with Crippen molar-refractivity contribution in [2.24, 2.45) is 0 Å². The van der Waals surface area contributed by atoms with Gasteiger partial charge in [-0.25, -0.2) is 4.39 Å². The lowest BCUT2D eigenvalue weighted by molar-refractivity contribution is -0.123. The number of aromatic amines is 1. The number of para-hydroxylation sites is 1. The maximum atomic E-state index is 14.1. The van der Waals surface area contributed by atoms with Crippen LogP contribution in [0.2, 0.25) is 0 Å². The van der Waals surface area contributed by atoms with Crippen molar-refractivity contribution in [3.63, 3.8) is 0 Å². The Kier molecular flexibility index (Phi) is 6.42. The summed E-state index contributed by atoms with van der Waals surface area (Å²) in [6, 6.07) is 8.89. The minimum atomic E-state index is -0.263. The van der Waals surface area contributed by atoms with Crippen molar-refractivity contribution in [3.05, 3.63) is 58.5 Å². The number of ether oxygens (including phenoxy) is 2. The van der Waals surface area contributed by atoms with E-state index in [1.165, 1.54) is 6.07 Å². The van der Waals surface area contributed by atoms with Gasteiger partial charge in [-0.2, -0.15) is 0 Å². The number of aromatic nitrogens is 1. The minimum Gasteiger partial charge on any atom is -0.493 e. The molecule has 2 N–H and O–H groups in total. The maximum Gasteiger partial charge on any atom is 0.257 e. The highest BCUT2D eigenvalue weighted by Gasteiger charge is 2.15. The lowest BCUT2D eigenvalue weighted by Gasteiger charge is -2.13. The third-order valence-corrected chi connectivity index (χ3v) is 5.13. The van der Waals surface area contributed by atoms with Crippen LogP contribution in [0.1, 0.15) is 29.3 Å². The molecule has 3 aromatic rings. The summed E-state index contributed by atoms with van der Waals surface area (Å²) in [6.07, 6.45) is 1.42. The van der Waals surface area contributed by atoms with Crippen LogP contribution in [0.4, 0.5) is 4.39 Å². The molecule has 1 amide bonds. The minimum absolute atomic E-state index is 0.0932. The van der Waals surface area contributed by atoms with E-state index >= 15 is 0 Å². The zero-order valence-electron chi connectivity index (χ0n) is 17.3. The fourth-order valence-corrected chi connectivity index (χ4v) is 3.66. The smallest absolute Gasteiger partial charge is 0.257 e. The number of methoxy groups -OCH3 is 1. The van der Waals surface area contributed by atoms with Gasteiger partial charge in [0.15, 0.2) is 18.1 Å². The molecular weight excluding hydrogens is 371 g/mol. The Morgan fingerprint density at radius 2 is 2.00 bits per heavy atom. The van der Waals surface area contributed by atoms with E-state index in [1.54, 1.807) is 19.2 Å². The maximum absolute atomic E-state index is 14.1. The predicted molar refractivity (Wildman–Crippen MR) is 112 cm³/mol. The fourth-order valence-electron chi connectivity index (χ4n) is 3.66. The second-order valence-electron chi connectivity index (χ2n) is 7.03. The first-order valence-corrected chi connectivity index (χ1v) is 9.77. The molecule has 154 valence electrons. The average molecular weight is 398 g/mol. The molecule has 0 spiro atoms. The molecule has 1 heterocycles. The highest BCUT2D eigenvalue weighted by molar-refractivity contribution is 5.88. The Morgan fingerprint density at radius 1 is 1.21 bits per heavy atom. The summed E-state index contributed by atoms with van der Waals surface area (Å²) < 4.78 is 25.1. The third-order valence-electron chi connectivity index (χ3n) is 5.13. The van der Waals surface area contributed by atoms with E-state index in [2.05, 4.69) is 10.3 Å². The van der Waals surface area contributed by atoms with Gasteiger partial charge in [-0.05, 0) is 55.5 Å². The number of carbonyl (C=O) groups excluding carboxylic acids is 1. The van der Waals surface area contributed by atoms with Gasteiger partial charge < -0.3 is 19.8 Å². The number of fused-ring (bicyclic) bond motifs is 1. The Labute approximate surface area is 170 Å². The lowest BCUT2D eigenvalue weighted by atomic mass is 10.0. The van der Waals surface area contributed by atoms with Crippen LogP contribution >= 0.6 is 0 Å². The quantitative estimate of drug-likeness (QED) is 0.597. The number of rotatable bonds is 8. The van der Waals surface area contributed by atoms with E-state index in [0.29, 0.717) is 30.0 Å². The number of halogens is 1. The molecule has 0 fully saturated rings. The molecule has 0 aliphatic heterocycles. The number of hydrogen-bond acceptors (Lipinski definition) is 3. The Morgan fingerprint density at radius 3 is 2.72 bits per heavy atom. The van der Waals surface area contributed by atoms with Gasteiger partial charge in [-0.15, -0.1) is 0 Å². The van der Waals surface area contributed by atoms with Gasteiger partial charge in [-0.1, -0.05) is 25.1 Å². The normalized spacial score (nSPS) is 10.9. The second-order valence-corrected chi connectivity index (χ2v) is 7.03. The zero-order chi connectivity index (χ0) is 21.0. The molecule has 3 rings (SSSR count). The van der Waals surface area contributed by atoms with Crippen LogP contribution in [0.5, 0.6) is 11.5 Å². The lowest BCUT2D eigenvalue weighted by Crippen LogP contribution is -2.30. The summed E-state index contributed by atoms with van der Waals surface area (Å²) in [5, 5.41) is 3.77. The molecule has 0 aliphatic rings. The summed E-state index contributed by atoms with van der Waals surface area (Å²) in [5.41, 5.74) is 4.51. The number of aryl methyl sites for hydroxylation is 3. The molecule has 0 unspecified atom stereocenters. The molecule has 0 bridgehead atoms. The van der Waals surface area contributed by atoms with Gasteiger partial charge in [0.25, 0.3) is 5.91 Å². The Balaban J connectivity index is 1.60. The first-order valence-electron chi connectivity index (χ1n) is 9.77. The number of nitrogens with one attached hydrogen (secondary N) is 2. The summed E-state index contributed by atoms with van der Waals surface area (Å²) in [4.78, 5) is 15.3. The van der Waals surface area contributed by atoms with E-state index in [1.807, 2.05) is 32.9 Å². The van der Waals surface area contributed by atoms with Gasteiger partial charge in [0, 0.05) is 17.6 Å². The number of amides is 1. The molecule has 5 nitrogen and oxygen atoms in total. The van der Waals surface area contributed by atoms with E-state index in [0.717, 1.165) is 34.2 Å². The number of H-pyrrole nitrogens is 1. The van der Waals surface area contributed by atoms with Crippen molar-refractivity contribution in [1.29, 1.82) is 0 Å². The van der Waals surface area contributed by atoms with Crippen molar-refractivity contribution in [2.45, 2.75) is 33.6 Å². The Hall–Kier alpha value is -3.02. The van der Waals surface area contributed by atoms with Crippen molar-refractivity contribution in [2.75, 3.05) is 20.3 Å². The summed E-state index contributed by atoms with van der Waals surface area (Å²) in [6.45, 7) is 6.27. The number of carbonyl (C=O) groups is 1. The van der Waals surface area contributed by atoms with Gasteiger partial charge >= 0.3 is 0 Å². The van der Waals surface area contributed by atoms with Crippen molar-refractivity contribution >= 4 is 16.8 Å². The molecule has 2 aromatic carbocycles. The van der Waals surface area contributed by atoms with Crippen molar-refractivity contribution in [3.8, 4) is 11.5 Å². The first kappa shape index (κ1) is 20.7. The van der Waals surface area contributed by atoms with Crippen LogP contribution in [-0.4, -0.2) is 31.2 Å². The summed E-state index contributed by atoms with van der Waals surface area (Å²) in [5.74, 6) is 0.741. The van der Waals surface area contributed by atoms with E-state index in [-0.39, 0.29) is 18.3 Å². The summed E-state index contributed by atoms with van der Waals surface area (Å²) in [7, 11) is 1.59. The van der Waals surface area contributed by atoms with Gasteiger partial charge in [0.1, 0.15) is 5.82 Å². The highest BCUT2D eigenvalue weighted by atomic mass is 19.1. The van der Waals surface area contributed by atoms with Crippen LogP contribution in [0.15, 0.2) is 30.3 Å². The van der Waals surface area contributed by atoms with Crippen LogP contribution in [0, 0.1) is 19.7 Å². The highest BCUT2D eigenvalue weighted by Crippen LogP contribution is 2.31. The monoisotopic (exact) mass is 398 g/mol. The molecule has 6 heteroatoms. The van der Waals surface area contributed by atoms with Crippen LogP contribution in [0.25, 0.3) is 10.9 Å². The number of hydrogen-bond donors (Lipinski definition) is 2.